The molecule has 1 saturated heterocycles. The topological polar surface area (TPSA) is 41.9 Å². The number of rotatable bonds is 4. The molecule has 110 valence electrons. The molecule has 1 fully saturated rings. The molecule has 2 atom stereocenters. The summed E-state index contributed by atoms with van der Waals surface area (Å²) in [5.74, 6) is 1.10. The van der Waals surface area contributed by atoms with Crippen molar-refractivity contribution in [2.24, 2.45) is 0 Å². The van der Waals surface area contributed by atoms with Crippen LogP contribution in [0.2, 0.25) is 0 Å². The highest BCUT2D eigenvalue weighted by Gasteiger charge is 2.33. The Bertz CT molecular complexity index is 463. The van der Waals surface area contributed by atoms with Gasteiger partial charge in [-0.2, -0.15) is 0 Å². The van der Waals surface area contributed by atoms with Crippen LogP contribution in [0.3, 0.4) is 0 Å². The van der Waals surface area contributed by atoms with Crippen molar-refractivity contribution in [3.63, 3.8) is 0 Å². The highest BCUT2D eigenvalue weighted by molar-refractivity contribution is 5.44. The summed E-state index contributed by atoms with van der Waals surface area (Å²) in [6, 6.07) is 5.75. The van der Waals surface area contributed by atoms with E-state index in [0.29, 0.717) is 18.8 Å². The molecule has 0 aliphatic carbocycles. The van der Waals surface area contributed by atoms with Crippen LogP contribution in [0, 0.1) is 0 Å². The minimum atomic E-state index is 0.271. The van der Waals surface area contributed by atoms with E-state index >= 15 is 0 Å². The molecule has 2 aliphatic heterocycles. The van der Waals surface area contributed by atoms with Gasteiger partial charge in [0, 0.05) is 24.8 Å². The number of ether oxygens (including phenoxy) is 2. The molecule has 1 aromatic rings. The van der Waals surface area contributed by atoms with Gasteiger partial charge in [0.25, 0.3) is 0 Å². The number of hydrogen-bond donors (Lipinski definition) is 1. The standard InChI is InChI=1S/C16H23NO3/c1-2-8-19-13-4-3-7-17(10-13)15-11-20-16-9-12(18)5-6-14(15)16/h5-6,9,13,15,18H,2-4,7-8,10-11H2,1H3. The maximum absolute atomic E-state index is 9.52. The average molecular weight is 277 g/mol. The molecule has 2 heterocycles. The van der Waals surface area contributed by atoms with Gasteiger partial charge in [-0.3, -0.25) is 4.90 Å². The Morgan fingerprint density at radius 3 is 3.20 bits per heavy atom. The van der Waals surface area contributed by atoms with Crippen molar-refractivity contribution in [3.05, 3.63) is 23.8 Å². The molecule has 1 aromatic carbocycles. The third kappa shape index (κ3) is 2.76. The van der Waals surface area contributed by atoms with Crippen LogP contribution in [0.5, 0.6) is 11.5 Å². The van der Waals surface area contributed by atoms with E-state index in [9.17, 15) is 5.11 Å². The molecule has 0 amide bonds. The Hall–Kier alpha value is -1.26. The molecule has 2 aliphatic rings. The Kier molecular flexibility index (Phi) is 4.13. The first-order chi connectivity index (χ1) is 9.78. The quantitative estimate of drug-likeness (QED) is 0.919. The van der Waals surface area contributed by atoms with Crippen molar-refractivity contribution in [1.82, 2.24) is 4.90 Å². The lowest BCUT2D eigenvalue weighted by Gasteiger charge is -2.36. The minimum Gasteiger partial charge on any atom is -0.508 e. The van der Waals surface area contributed by atoms with Crippen LogP contribution in [0.1, 0.15) is 37.8 Å². The SMILES string of the molecule is CCCOC1CCCN(C2COc3cc(O)ccc32)C1. The lowest BCUT2D eigenvalue weighted by atomic mass is 10.0. The summed E-state index contributed by atoms with van der Waals surface area (Å²) >= 11 is 0. The number of benzene rings is 1. The first-order valence-electron chi connectivity index (χ1n) is 7.59. The number of hydrogen-bond acceptors (Lipinski definition) is 4. The van der Waals surface area contributed by atoms with E-state index in [0.717, 1.165) is 38.3 Å². The molecule has 0 radical (unpaired) electrons. The lowest BCUT2D eigenvalue weighted by Crippen LogP contribution is -2.42. The molecular weight excluding hydrogens is 254 g/mol. The van der Waals surface area contributed by atoms with Crippen LogP contribution in [-0.4, -0.2) is 42.4 Å². The lowest BCUT2D eigenvalue weighted by molar-refractivity contribution is -0.0150. The van der Waals surface area contributed by atoms with Crippen LogP contribution in [0.15, 0.2) is 18.2 Å². The number of likely N-dealkylation sites (tertiary alicyclic amines) is 1. The maximum Gasteiger partial charge on any atom is 0.127 e. The summed E-state index contributed by atoms with van der Waals surface area (Å²) in [4.78, 5) is 2.46. The van der Waals surface area contributed by atoms with Crippen LogP contribution in [-0.2, 0) is 4.74 Å². The van der Waals surface area contributed by atoms with E-state index in [-0.39, 0.29) is 5.75 Å². The second kappa shape index (κ2) is 6.02. The van der Waals surface area contributed by atoms with Gasteiger partial charge in [-0.25, -0.2) is 0 Å². The zero-order chi connectivity index (χ0) is 13.9. The average Bonchev–Trinajstić information content (AvgIpc) is 2.88. The fraction of sp³-hybridized carbons (Fsp3) is 0.625. The molecule has 2 unspecified atom stereocenters. The van der Waals surface area contributed by atoms with Gasteiger partial charge in [-0.15, -0.1) is 0 Å². The Balaban J connectivity index is 1.68. The molecule has 0 spiro atoms. The molecule has 4 nitrogen and oxygen atoms in total. The largest absolute Gasteiger partial charge is 0.508 e. The maximum atomic E-state index is 9.52. The van der Waals surface area contributed by atoms with Gasteiger partial charge >= 0.3 is 0 Å². The predicted molar refractivity (Wildman–Crippen MR) is 77.2 cm³/mol. The molecular formula is C16H23NO3. The summed E-state index contributed by atoms with van der Waals surface area (Å²) in [5, 5.41) is 9.52. The predicted octanol–water partition coefficient (Wildman–Crippen LogP) is 2.72. The van der Waals surface area contributed by atoms with Crippen molar-refractivity contribution in [2.75, 3.05) is 26.3 Å². The van der Waals surface area contributed by atoms with Gasteiger partial charge in [-0.05, 0) is 37.9 Å². The zero-order valence-corrected chi connectivity index (χ0v) is 12.0. The Morgan fingerprint density at radius 2 is 2.35 bits per heavy atom. The summed E-state index contributed by atoms with van der Waals surface area (Å²) in [5.41, 5.74) is 1.19. The molecule has 0 aromatic heterocycles. The first kappa shape index (κ1) is 13.7. The van der Waals surface area contributed by atoms with Crippen LogP contribution in [0.4, 0.5) is 0 Å². The van der Waals surface area contributed by atoms with E-state index in [1.54, 1.807) is 12.1 Å². The molecule has 3 rings (SSSR count). The van der Waals surface area contributed by atoms with Gasteiger partial charge in [0.15, 0.2) is 0 Å². The van der Waals surface area contributed by atoms with Gasteiger partial charge in [-0.1, -0.05) is 6.92 Å². The second-order valence-corrected chi connectivity index (χ2v) is 5.68. The van der Waals surface area contributed by atoms with Gasteiger partial charge in [0.05, 0.1) is 12.1 Å². The number of fused-ring (bicyclic) bond motifs is 1. The third-order valence-corrected chi connectivity index (χ3v) is 4.16. The van der Waals surface area contributed by atoms with Gasteiger partial charge < -0.3 is 14.6 Å². The van der Waals surface area contributed by atoms with Crippen molar-refractivity contribution >= 4 is 0 Å². The van der Waals surface area contributed by atoms with Crippen LogP contribution >= 0.6 is 0 Å². The second-order valence-electron chi connectivity index (χ2n) is 5.68. The van der Waals surface area contributed by atoms with E-state index in [1.165, 1.54) is 12.0 Å². The van der Waals surface area contributed by atoms with Crippen molar-refractivity contribution < 1.29 is 14.6 Å². The minimum absolute atomic E-state index is 0.271. The smallest absolute Gasteiger partial charge is 0.127 e. The Labute approximate surface area is 120 Å². The van der Waals surface area contributed by atoms with E-state index in [1.807, 2.05) is 6.07 Å². The fourth-order valence-corrected chi connectivity index (χ4v) is 3.15. The van der Waals surface area contributed by atoms with E-state index in [2.05, 4.69) is 11.8 Å². The van der Waals surface area contributed by atoms with Crippen molar-refractivity contribution in [3.8, 4) is 11.5 Å². The van der Waals surface area contributed by atoms with Crippen LogP contribution < -0.4 is 4.74 Å². The number of phenolic OH excluding ortho intramolecular Hbond substituents is 1. The normalized spacial score (nSPS) is 26.2. The highest BCUT2D eigenvalue weighted by Crippen LogP contribution is 2.39. The van der Waals surface area contributed by atoms with E-state index < -0.39 is 0 Å². The summed E-state index contributed by atoms with van der Waals surface area (Å²) in [7, 11) is 0. The summed E-state index contributed by atoms with van der Waals surface area (Å²) < 4.78 is 11.6. The first-order valence-corrected chi connectivity index (χ1v) is 7.59. The molecule has 0 bridgehead atoms. The molecule has 20 heavy (non-hydrogen) atoms. The number of piperidine rings is 1. The van der Waals surface area contributed by atoms with Crippen molar-refractivity contribution in [1.29, 1.82) is 0 Å². The summed E-state index contributed by atoms with van der Waals surface area (Å²) in [6.45, 7) is 5.76. The number of nitrogens with zero attached hydrogens (tertiary/aromatic N) is 1. The third-order valence-electron chi connectivity index (χ3n) is 4.16. The van der Waals surface area contributed by atoms with Crippen molar-refractivity contribution in [2.45, 2.75) is 38.3 Å². The highest BCUT2D eigenvalue weighted by atomic mass is 16.5. The molecule has 1 N–H and O–H groups in total. The molecule has 0 saturated carbocycles. The zero-order valence-electron chi connectivity index (χ0n) is 12.0. The van der Waals surface area contributed by atoms with Gasteiger partial charge in [0.1, 0.15) is 18.1 Å². The van der Waals surface area contributed by atoms with E-state index in [4.69, 9.17) is 9.47 Å². The Morgan fingerprint density at radius 1 is 1.45 bits per heavy atom. The monoisotopic (exact) mass is 277 g/mol. The number of aromatic hydroxyl groups is 1. The fourth-order valence-electron chi connectivity index (χ4n) is 3.15. The van der Waals surface area contributed by atoms with Gasteiger partial charge in [0.2, 0.25) is 0 Å². The number of phenols is 1. The van der Waals surface area contributed by atoms with Crippen LogP contribution in [0.25, 0.3) is 0 Å². The molecule has 4 heteroatoms. The summed E-state index contributed by atoms with van der Waals surface area (Å²) in [6.07, 6.45) is 3.76.